The minimum Gasteiger partial charge on any atom is -0.388 e. The fraction of sp³-hybridized carbons (Fsp3) is 0.421. The highest BCUT2D eigenvalue weighted by molar-refractivity contribution is 5.38. The molecule has 1 aliphatic rings. The summed E-state index contributed by atoms with van der Waals surface area (Å²) in [5.41, 5.74) is 2.24. The van der Waals surface area contributed by atoms with Gasteiger partial charge in [-0.3, -0.25) is 4.90 Å². The van der Waals surface area contributed by atoms with Gasteiger partial charge in [-0.05, 0) is 31.0 Å². The summed E-state index contributed by atoms with van der Waals surface area (Å²) in [4.78, 5) is 9.17. The maximum atomic E-state index is 10.3. The number of anilines is 1. The number of aromatic nitrogens is 1. The molecule has 1 saturated heterocycles. The number of benzene rings is 1. The molecule has 0 aliphatic carbocycles. The van der Waals surface area contributed by atoms with Crippen LogP contribution in [0.15, 0.2) is 48.7 Å². The summed E-state index contributed by atoms with van der Waals surface area (Å²) in [6.07, 6.45) is 2.26. The minimum absolute atomic E-state index is 0.371. The molecule has 2 aromatic rings. The summed E-state index contributed by atoms with van der Waals surface area (Å²) in [6, 6.07) is 14.2. The van der Waals surface area contributed by atoms with Crippen molar-refractivity contribution in [1.29, 1.82) is 0 Å². The molecule has 1 unspecified atom stereocenters. The first-order valence-corrected chi connectivity index (χ1v) is 8.35. The number of aliphatic hydroxyl groups excluding tert-OH is 1. The maximum Gasteiger partial charge on any atom is 0.128 e. The second-order valence-corrected chi connectivity index (χ2v) is 6.23. The highest BCUT2D eigenvalue weighted by Crippen LogP contribution is 2.19. The number of aliphatic hydroxyl groups is 1. The molecule has 4 heteroatoms. The molecule has 0 bridgehead atoms. The van der Waals surface area contributed by atoms with Gasteiger partial charge in [0.15, 0.2) is 0 Å². The van der Waals surface area contributed by atoms with Gasteiger partial charge in [-0.2, -0.15) is 0 Å². The van der Waals surface area contributed by atoms with Crippen molar-refractivity contribution in [2.75, 3.05) is 37.6 Å². The normalized spacial score (nSPS) is 17.2. The molecular weight excluding hydrogens is 286 g/mol. The minimum atomic E-state index is -0.371. The van der Waals surface area contributed by atoms with Crippen molar-refractivity contribution < 1.29 is 5.11 Å². The quantitative estimate of drug-likeness (QED) is 0.921. The van der Waals surface area contributed by atoms with E-state index in [4.69, 9.17) is 0 Å². The smallest absolute Gasteiger partial charge is 0.128 e. The molecule has 0 spiro atoms. The van der Waals surface area contributed by atoms with Gasteiger partial charge in [0.05, 0.1) is 6.10 Å². The van der Waals surface area contributed by atoms with Crippen LogP contribution in [0.4, 0.5) is 5.82 Å². The van der Waals surface area contributed by atoms with Crippen LogP contribution in [0.25, 0.3) is 0 Å². The van der Waals surface area contributed by atoms with E-state index in [1.54, 1.807) is 0 Å². The van der Waals surface area contributed by atoms with Crippen molar-refractivity contribution in [1.82, 2.24) is 9.88 Å². The number of nitrogens with zero attached hydrogens (tertiary/aromatic N) is 3. The predicted molar refractivity (Wildman–Crippen MR) is 93.6 cm³/mol. The van der Waals surface area contributed by atoms with Gasteiger partial charge >= 0.3 is 0 Å². The third-order valence-corrected chi connectivity index (χ3v) is 4.53. The highest BCUT2D eigenvalue weighted by atomic mass is 16.3. The summed E-state index contributed by atoms with van der Waals surface area (Å²) in [7, 11) is 0. The molecule has 1 atom stereocenters. The van der Waals surface area contributed by atoms with E-state index in [0.29, 0.717) is 0 Å². The lowest BCUT2D eigenvalue weighted by molar-refractivity contribution is 0.139. The van der Waals surface area contributed by atoms with E-state index in [0.717, 1.165) is 50.5 Å². The molecular formula is C19H25N3O. The first kappa shape index (κ1) is 16.0. The molecule has 1 aromatic carbocycles. The molecule has 2 heterocycles. The zero-order chi connectivity index (χ0) is 16.1. The molecule has 1 N–H and O–H groups in total. The lowest BCUT2D eigenvalue weighted by Crippen LogP contribution is -2.47. The van der Waals surface area contributed by atoms with E-state index in [1.807, 2.05) is 30.5 Å². The van der Waals surface area contributed by atoms with Gasteiger partial charge in [0.25, 0.3) is 0 Å². The van der Waals surface area contributed by atoms with Gasteiger partial charge in [0, 0.05) is 38.9 Å². The van der Waals surface area contributed by atoms with Crippen LogP contribution >= 0.6 is 0 Å². The van der Waals surface area contributed by atoms with Gasteiger partial charge in [-0.15, -0.1) is 0 Å². The Hall–Kier alpha value is -1.91. The largest absolute Gasteiger partial charge is 0.388 e. The zero-order valence-electron chi connectivity index (χ0n) is 13.7. The molecule has 23 heavy (non-hydrogen) atoms. The fourth-order valence-corrected chi connectivity index (χ4v) is 3.00. The maximum absolute atomic E-state index is 10.3. The summed E-state index contributed by atoms with van der Waals surface area (Å²) >= 11 is 0. The van der Waals surface area contributed by atoms with Gasteiger partial charge in [0.1, 0.15) is 5.82 Å². The predicted octanol–water partition coefficient (Wildman–Crippen LogP) is 2.64. The van der Waals surface area contributed by atoms with Crippen LogP contribution in [-0.4, -0.2) is 47.7 Å². The Kier molecular flexibility index (Phi) is 5.26. The summed E-state index contributed by atoms with van der Waals surface area (Å²) < 4.78 is 0. The number of aryl methyl sites for hydroxylation is 1. The topological polar surface area (TPSA) is 39.6 Å². The van der Waals surface area contributed by atoms with Crippen molar-refractivity contribution in [3.8, 4) is 0 Å². The lowest BCUT2D eigenvalue weighted by atomic mass is 10.0. The third-order valence-electron chi connectivity index (χ3n) is 4.53. The Labute approximate surface area is 138 Å². The highest BCUT2D eigenvalue weighted by Gasteiger charge is 2.18. The van der Waals surface area contributed by atoms with Gasteiger partial charge in [-0.1, -0.05) is 35.9 Å². The number of rotatable bonds is 5. The standard InChI is InChI=1S/C19H25N3O/c1-16-5-7-17(8-6-16)18(23)9-11-21-12-14-22(15-13-21)19-4-2-3-10-20-19/h2-8,10,18,23H,9,11-15H2,1H3. The Balaban J connectivity index is 1.45. The van der Waals surface area contributed by atoms with Crippen LogP contribution in [0.5, 0.6) is 0 Å². The SMILES string of the molecule is Cc1ccc(C(O)CCN2CCN(c3ccccn3)CC2)cc1. The zero-order valence-corrected chi connectivity index (χ0v) is 13.7. The number of piperazine rings is 1. The van der Waals surface area contributed by atoms with Gasteiger partial charge < -0.3 is 10.0 Å². The van der Waals surface area contributed by atoms with E-state index >= 15 is 0 Å². The molecule has 1 aliphatic heterocycles. The molecule has 0 radical (unpaired) electrons. The van der Waals surface area contributed by atoms with Crippen LogP contribution in [0, 0.1) is 6.92 Å². The molecule has 3 rings (SSSR count). The number of hydrogen-bond donors (Lipinski definition) is 1. The average Bonchev–Trinajstić information content (AvgIpc) is 2.61. The summed E-state index contributed by atoms with van der Waals surface area (Å²) in [5, 5.41) is 10.3. The van der Waals surface area contributed by atoms with Gasteiger partial charge in [-0.25, -0.2) is 4.98 Å². The Bertz CT molecular complexity index is 592. The van der Waals surface area contributed by atoms with E-state index < -0.39 is 0 Å². The Morgan fingerprint density at radius 2 is 1.78 bits per heavy atom. The van der Waals surface area contributed by atoms with E-state index in [2.05, 4.69) is 39.9 Å². The monoisotopic (exact) mass is 311 g/mol. The third kappa shape index (κ3) is 4.30. The first-order valence-electron chi connectivity index (χ1n) is 8.35. The van der Waals surface area contributed by atoms with Gasteiger partial charge in [0.2, 0.25) is 0 Å². The first-order chi connectivity index (χ1) is 11.2. The molecule has 1 aromatic heterocycles. The second-order valence-electron chi connectivity index (χ2n) is 6.23. The van der Waals surface area contributed by atoms with E-state index in [1.165, 1.54) is 5.56 Å². The fourth-order valence-electron chi connectivity index (χ4n) is 3.00. The molecule has 122 valence electrons. The van der Waals surface area contributed by atoms with Crippen molar-refractivity contribution in [3.63, 3.8) is 0 Å². The Morgan fingerprint density at radius 1 is 1.04 bits per heavy atom. The summed E-state index contributed by atoms with van der Waals surface area (Å²) in [5.74, 6) is 1.06. The molecule has 0 saturated carbocycles. The van der Waals surface area contributed by atoms with Crippen LogP contribution in [0.2, 0.25) is 0 Å². The van der Waals surface area contributed by atoms with Crippen molar-refractivity contribution in [2.45, 2.75) is 19.4 Å². The van der Waals surface area contributed by atoms with E-state index in [9.17, 15) is 5.11 Å². The number of pyridine rings is 1. The van der Waals surface area contributed by atoms with Crippen molar-refractivity contribution >= 4 is 5.82 Å². The molecule has 4 nitrogen and oxygen atoms in total. The van der Waals surface area contributed by atoms with Crippen LogP contribution in [0.3, 0.4) is 0 Å². The van der Waals surface area contributed by atoms with Crippen molar-refractivity contribution in [2.24, 2.45) is 0 Å². The van der Waals surface area contributed by atoms with E-state index in [-0.39, 0.29) is 6.10 Å². The second kappa shape index (κ2) is 7.57. The summed E-state index contributed by atoms with van der Waals surface area (Å²) in [6.45, 7) is 7.05. The lowest BCUT2D eigenvalue weighted by Gasteiger charge is -2.35. The molecule has 1 fully saturated rings. The van der Waals surface area contributed by atoms with Crippen LogP contribution in [-0.2, 0) is 0 Å². The van der Waals surface area contributed by atoms with Crippen LogP contribution in [0.1, 0.15) is 23.7 Å². The number of hydrogen-bond acceptors (Lipinski definition) is 4. The average molecular weight is 311 g/mol. The van der Waals surface area contributed by atoms with Crippen molar-refractivity contribution in [3.05, 3.63) is 59.8 Å². The van der Waals surface area contributed by atoms with Crippen LogP contribution < -0.4 is 4.90 Å². The molecule has 0 amide bonds. The Morgan fingerprint density at radius 3 is 2.43 bits per heavy atom.